The zero-order valence-electron chi connectivity index (χ0n) is 13.0. The lowest BCUT2D eigenvalue weighted by molar-refractivity contribution is 0.137. The van der Waals surface area contributed by atoms with Crippen LogP contribution in [-0.2, 0) is 16.7 Å². The van der Waals surface area contributed by atoms with E-state index in [2.05, 4.69) is 32.2 Å². The molecule has 4 rings (SSSR count). The van der Waals surface area contributed by atoms with E-state index in [1.54, 1.807) is 0 Å². The molecule has 2 aromatic rings. The molecule has 0 radical (unpaired) electrons. The van der Waals surface area contributed by atoms with Gasteiger partial charge in [0.15, 0.2) is 5.82 Å². The lowest BCUT2D eigenvalue weighted by atomic mass is 9.81. The molecule has 2 atom stereocenters. The highest BCUT2D eigenvalue weighted by molar-refractivity contribution is 5.18. The van der Waals surface area contributed by atoms with Crippen LogP contribution in [0, 0.1) is 19.8 Å². The van der Waals surface area contributed by atoms with Crippen LogP contribution < -0.4 is 0 Å². The van der Waals surface area contributed by atoms with Crippen molar-refractivity contribution >= 4 is 0 Å². The number of hydrogen-bond acceptors (Lipinski definition) is 6. The largest absolute Gasteiger partial charge is 0.380 e. The first kappa shape index (κ1) is 13.8. The molecule has 0 saturated carbocycles. The van der Waals surface area contributed by atoms with E-state index in [4.69, 9.17) is 9.26 Å². The number of ether oxygens (including phenoxy) is 1. The summed E-state index contributed by atoms with van der Waals surface area (Å²) in [6.45, 7) is 8.03. The molecular weight excluding hydrogens is 280 g/mol. The van der Waals surface area contributed by atoms with Crippen LogP contribution in [0.3, 0.4) is 0 Å². The van der Waals surface area contributed by atoms with Crippen molar-refractivity contribution in [1.82, 2.24) is 20.0 Å². The molecule has 2 fully saturated rings. The summed E-state index contributed by atoms with van der Waals surface area (Å²) in [4.78, 5) is 11.5. The Labute approximate surface area is 129 Å². The predicted octanol–water partition coefficient (Wildman–Crippen LogP) is 1.48. The Hall–Kier alpha value is -1.79. The number of pyridine rings is 1. The average molecular weight is 300 g/mol. The summed E-state index contributed by atoms with van der Waals surface area (Å²) in [5, 5.41) is 3.96. The Morgan fingerprint density at radius 2 is 2.23 bits per heavy atom. The van der Waals surface area contributed by atoms with Gasteiger partial charge in [0.2, 0.25) is 5.89 Å². The summed E-state index contributed by atoms with van der Waals surface area (Å²) in [5.41, 5.74) is 2.02. The van der Waals surface area contributed by atoms with Crippen LogP contribution in [0.15, 0.2) is 22.7 Å². The summed E-state index contributed by atoms with van der Waals surface area (Å²) in [6.07, 6.45) is 0. The highest BCUT2D eigenvalue weighted by Gasteiger charge is 2.55. The maximum absolute atomic E-state index is 5.73. The highest BCUT2D eigenvalue weighted by Crippen LogP contribution is 2.43. The average Bonchev–Trinajstić information content (AvgIpc) is 3.12. The van der Waals surface area contributed by atoms with Gasteiger partial charge in [-0.3, -0.25) is 9.88 Å². The van der Waals surface area contributed by atoms with Crippen molar-refractivity contribution in [2.24, 2.45) is 5.92 Å². The maximum atomic E-state index is 5.73. The van der Waals surface area contributed by atoms with Crippen LogP contribution in [-0.4, -0.2) is 46.3 Å². The fraction of sp³-hybridized carbons (Fsp3) is 0.562. The lowest BCUT2D eigenvalue weighted by Crippen LogP contribution is -2.36. The van der Waals surface area contributed by atoms with Crippen molar-refractivity contribution in [3.05, 3.63) is 41.3 Å². The van der Waals surface area contributed by atoms with E-state index in [1.807, 2.05) is 19.9 Å². The second-order valence-electron chi connectivity index (χ2n) is 6.45. The third kappa shape index (κ3) is 2.23. The quantitative estimate of drug-likeness (QED) is 0.855. The van der Waals surface area contributed by atoms with Crippen molar-refractivity contribution in [2.75, 3.05) is 26.3 Å². The van der Waals surface area contributed by atoms with E-state index in [9.17, 15) is 0 Å². The van der Waals surface area contributed by atoms with Gasteiger partial charge in [0, 0.05) is 31.2 Å². The molecule has 0 bridgehead atoms. The summed E-state index contributed by atoms with van der Waals surface area (Å²) in [6, 6.07) is 6.18. The van der Waals surface area contributed by atoms with E-state index in [1.165, 1.54) is 0 Å². The van der Waals surface area contributed by atoms with Gasteiger partial charge in [0.25, 0.3) is 0 Å². The zero-order chi connectivity index (χ0) is 15.2. The van der Waals surface area contributed by atoms with E-state index in [-0.39, 0.29) is 5.41 Å². The lowest BCUT2D eigenvalue weighted by Gasteiger charge is -2.22. The number of nitrogens with zero attached hydrogens (tertiary/aromatic N) is 4. The SMILES string of the molecule is Cc1cccc(CN2C[C@@H]3COC[C@]3(c3nc(C)no3)C2)n1. The molecule has 0 spiro atoms. The van der Waals surface area contributed by atoms with Crippen molar-refractivity contribution in [2.45, 2.75) is 25.8 Å². The minimum Gasteiger partial charge on any atom is -0.380 e. The molecule has 22 heavy (non-hydrogen) atoms. The molecule has 2 aliphatic heterocycles. The minimum absolute atomic E-state index is 0.148. The maximum Gasteiger partial charge on any atom is 0.236 e. The van der Waals surface area contributed by atoms with Gasteiger partial charge in [-0.1, -0.05) is 11.2 Å². The monoisotopic (exact) mass is 300 g/mol. The molecule has 2 saturated heterocycles. The third-order valence-corrected chi connectivity index (χ3v) is 4.73. The minimum atomic E-state index is -0.148. The normalized spacial score (nSPS) is 28.2. The number of aryl methyl sites for hydroxylation is 2. The molecule has 2 aliphatic rings. The van der Waals surface area contributed by atoms with E-state index >= 15 is 0 Å². The first-order chi connectivity index (χ1) is 10.7. The summed E-state index contributed by atoms with van der Waals surface area (Å²) in [5.74, 6) is 1.83. The van der Waals surface area contributed by atoms with E-state index in [0.717, 1.165) is 43.5 Å². The van der Waals surface area contributed by atoms with Crippen LogP contribution in [0.5, 0.6) is 0 Å². The molecule has 116 valence electrons. The van der Waals surface area contributed by atoms with Crippen molar-refractivity contribution in [3.63, 3.8) is 0 Å². The summed E-state index contributed by atoms with van der Waals surface area (Å²) in [7, 11) is 0. The highest BCUT2D eigenvalue weighted by atomic mass is 16.5. The summed E-state index contributed by atoms with van der Waals surface area (Å²) < 4.78 is 11.2. The van der Waals surface area contributed by atoms with Gasteiger partial charge in [0.1, 0.15) is 0 Å². The number of hydrogen-bond donors (Lipinski definition) is 0. The molecule has 4 heterocycles. The molecule has 0 aromatic carbocycles. The summed E-state index contributed by atoms with van der Waals surface area (Å²) >= 11 is 0. The van der Waals surface area contributed by atoms with Gasteiger partial charge in [-0.25, -0.2) is 0 Å². The van der Waals surface area contributed by atoms with Crippen LogP contribution in [0.1, 0.15) is 23.1 Å². The predicted molar refractivity (Wildman–Crippen MR) is 79.3 cm³/mol. The molecule has 0 N–H and O–H groups in total. The van der Waals surface area contributed by atoms with Gasteiger partial charge in [0.05, 0.1) is 24.3 Å². The Kier molecular flexibility index (Phi) is 3.23. The van der Waals surface area contributed by atoms with Crippen molar-refractivity contribution in [3.8, 4) is 0 Å². The first-order valence-electron chi connectivity index (χ1n) is 7.69. The number of rotatable bonds is 3. The number of likely N-dealkylation sites (tertiary alicyclic amines) is 1. The van der Waals surface area contributed by atoms with Crippen LogP contribution in [0.4, 0.5) is 0 Å². The van der Waals surface area contributed by atoms with E-state index < -0.39 is 0 Å². The molecule has 0 amide bonds. The van der Waals surface area contributed by atoms with Gasteiger partial charge >= 0.3 is 0 Å². The van der Waals surface area contributed by atoms with Gasteiger partial charge in [-0.2, -0.15) is 4.98 Å². The first-order valence-corrected chi connectivity index (χ1v) is 7.69. The van der Waals surface area contributed by atoms with Crippen LogP contribution >= 0.6 is 0 Å². The Morgan fingerprint density at radius 3 is 3.00 bits per heavy atom. The van der Waals surface area contributed by atoms with Crippen LogP contribution in [0.2, 0.25) is 0 Å². The Balaban J connectivity index is 1.57. The standard InChI is InChI=1S/C16H20N4O2/c1-11-4-3-5-14(17-11)7-20-6-13-8-21-10-16(13,9-20)15-18-12(2)19-22-15/h3-5,13H,6-10H2,1-2H3/t13-,16-/m1/s1. The second-order valence-corrected chi connectivity index (χ2v) is 6.45. The molecule has 6 nitrogen and oxygen atoms in total. The fourth-order valence-corrected chi connectivity index (χ4v) is 3.68. The van der Waals surface area contributed by atoms with Gasteiger partial charge < -0.3 is 9.26 Å². The number of fused-ring (bicyclic) bond motifs is 1. The molecule has 2 aromatic heterocycles. The molecule has 0 aliphatic carbocycles. The van der Waals surface area contributed by atoms with Crippen molar-refractivity contribution < 1.29 is 9.26 Å². The second kappa shape index (κ2) is 5.14. The van der Waals surface area contributed by atoms with Crippen molar-refractivity contribution in [1.29, 1.82) is 0 Å². The Morgan fingerprint density at radius 1 is 1.32 bits per heavy atom. The topological polar surface area (TPSA) is 64.3 Å². The molecule has 0 unspecified atom stereocenters. The molecular formula is C16H20N4O2. The Bertz CT molecular complexity index is 686. The van der Waals surface area contributed by atoms with Gasteiger partial charge in [-0.05, 0) is 26.0 Å². The van der Waals surface area contributed by atoms with E-state index in [0.29, 0.717) is 18.3 Å². The third-order valence-electron chi connectivity index (χ3n) is 4.73. The number of aromatic nitrogens is 3. The van der Waals surface area contributed by atoms with Crippen LogP contribution in [0.25, 0.3) is 0 Å². The molecule has 6 heteroatoms. The zero-order valence-corrected chi connectivity index (χ0v) is 13.0. The van der Waals surface area contributed by atoms with Gasteiger partial charge in [-0.15, -0.1) is 0 Å². The smallest absolute Gasteiger partial charge is 0.236 e. The fourth-order valence-electron chi connectivity index (χ4n) is 3.68.